The van der Waals surface area contributed by atoms with E-state index in [1.165, 1.54) is 0 Å². The Morgan fingerprint density at radius 2 is 1.89 bits per heavy atom. The van der Waals surface area contributed by atoms with Gasteiger partial charge in [0, 0.05) is 12.1 Å². The lowest BCUT2D eigenvalue weighted by molar-refractivity contribution is -0.145. The summed E-state index contributed by atoms with van der Waals surface area (Å²) in [6, 6.07) is 0.733. The first-order chi connectivity index (χ1) is 8.28. The van der Waals surface area contributed by atoms with Crippen LogP contribution in [0.2, 0.25) is 0 Å². The SMILES string of the molecule is CCCC(C)N(C)C(C)CC(C)(NCC)C(=O)O. The van der Waals surface area contributed by atoms with Gasteiger partial charge in [-0.15, -0.1) is 0 Å². The van der Waals surface area contributed by atoms with Gasteiger partial charge in [-0.05, 0) is 47.2 Å². The van der Waals surface area contributed by atoms with Crippen molar-refractivity contribution in [3.05, 3.63) is 0 Å². The van der Waals surface area contributed by atoms with Crippen molar-refractivity contribution in [2.75, 3.05) is 13.6 Å². The second-order valence-corrected chi connectivity index (χ2v) is 5.52. The summed E-state index contributed by atoms with van der Waals surface area (Å²) in [7, 11) is 2.08. The zero-order chi connectivity index (χ0) is 14.3. The molecule has 3 atom stereocenters. The predicted octanol–water partition coefficient (Wildman–Crippen LogP) is 2.34. The van der Waals surface area contributed by atoms with Crippen molar-refractivity contribution in [1.29, 1.82) is 0 Å². The molecule has 0 aromatic carbocycles. The Kier molecular flexibility index (Phi) is 7.48. The Balaban J connectivity index is 4.59. The van der Waals surface area contributed by atoms with Crippen LogP contribution in [0.25, 0.3) is 0 Å². The van der Waals surface area contributed by atoms with E-state index in [-0.39, 0.29) is 6.04 Å². The number of aliphatic carboxylic acids is 1. The number of nitrogens with zero attached hydrogens (tertiary/aromatic N) is 1. The molecule has 0 heterocycles. The van der Waals surface area contributed by atoms with Crippen molar-refractivity contribution in [2.45, 2.75) is 71.5 Å². The van der Waals surface area contributed by atoms with E-state index in [1.54, 1.807) is 6.92 Å². The Labute approximate surface area is 112 Å². The van der Waals surface area contributed by atoms with E-state index in [9.17, 15) is 9.90 Å². The van der Waals surface area contributed by atoms with Gasteiger partial charge in [0.1, 0.15) is 5.54 Å². The van der Waals surface area contributed by atoms with Crippen molar-refractivity contribution in [3.63, 3.8) is 0 Å². The zero-order valence-corrected chi connectivity index (χ0v) is 12.8. The maximum atomic E-state index is 11.4. The van der Waals surface area contributed by atoms with Crippen LogP contribution in [0.4, 0.5) is 0 Å². The van der Waals surface area contributed by atoms with Crippen LogP contribution in [0.1, 0.15) is 53.9 Å². The molecule has 108 valence electrons. The zero-order valence-electron chi connectivity index (χ0n) is 12.8. The summed E-state index contributed by atoms with van der Waals surface area (Å²) in [6.07, 6.45) is 2.91. The fourth-order valence-corrected chi connectivity index (χ4v) is 2.42. The molecule has 0 saturated carbocycles. The van der Waals surface area contributed by atoms with E-state index in [0.29, 0.717) is 19.0 Å². The summed E-state index contributed by atoms with van der Waals surface area (Å²) in [5.74, 6) is -0.771. The van der Waals surface area contributed by atoms with Crippen LogP contribution in [-0.4, -0.2) is 47.2 Å². The van der Waals surface area contributed by atoms with Gasteiger partial charge >= 0.3 is 5.97 Å². The highest BCUT2D eigenvalue weighted by Gasteiger charge is 2.35. The molecule has 0 amide bonds. The monoisotopic (exact) mass is 258 g/mol. The minimum Gasteiger partial charge on any atom is -0.480 e. The molecule has 0 aromatic rings. The fraction of sp³-hybridized carbons (Fsp3) is 0.929. The van der Waals surface area contributed by atoms with E-state index >= 15 is 0 Å². The first-order valence-electron chi connectivity index (χ1n) is 6.98. The summed E-state index contributed by atoms with van der Waals surface area (Å²) in [6.45, 7) is 10.9. The van der Waals surface area contributed by atoms with Crippen molar-refractivity contribution in [2.24, 2.45) is 0 Å². The lowest BCUT2D eigenvalue weighted by Crippen LogP contribution is -2.53. The highest BCUT2D eigenvalue weighted by molar-refractivity contribution is 5.78. The lowest BCUT2D eigenvalue weighted by atomic mass is 9.92. The number of hydrogen-bond acceptors (Lipinski definition) is 3. The normalized spacial score (nSPS) is 18.4. The first-order valence-corrected chi connectivity index (χ1v) is 6.98. The highest BCUT2D eigenvalue weighted by atomic mass is 16.4. The fourth-order valence-electron chi connectivity index (χ4n) is 2.42. The Morgan fingerprint density at radius 1 is 1.33 bits per heavy atom. The second-order valence-electron chi connectivity index (χ2n) is 5.52. The molecule has 4 nitrogen and oxygen atoms in total. The number of nitrogens with one attached hydrogen (secondary N) is 1. The number of hydrogen-bond donors (Lipinski definition) is 2. The van der Waals surface area contributed by atoms with Crippen LogP contribution in [0.3, 0.4) is 0 Å². The molecule has 18 heavy (non-hydrogen) atoms. The van der Waals surface area contributed by atoms with Gasteiger partial charge in [-0.25, -0.2) is 0 Å². The molecular formula is C14H30N2O2. The lowest BCUT2D eigenvalue weighted by Gasteiger charge is -2.36. The van der Waals surface area contributed by atoms with Gasteiger partial charge in [0.25, 0.3) is 0 Å². The molecule has 0 aromatic heterocycles. The van der Waals surface area contributed by atoms with E-state index in [4.69, 9.17) is 0 Å². The second kappa shape index (κ2) is 7.74. The van der Waals surface area contributed by atoms with Gasteiger partial charge in [-0.3, -0.25) is 4.79 Å². The third-order valence-electron chi connectivity index (χ3n) is 3.84. The van der Waals surface area contributed by atoms with Crippen molar-refractivity contribution in [1.82, 2.24) is 10.2 Å². The largest absolute Gasteiger partial charge is 0.480 e. The minimum absolute atomic E-state index is 0.242. The summed E-state index contributed by atoms with van der Waals surface area (Å²) < 4.78 is 0. The van der Waals surface area contributed by atoms with Crippen LogP contribution >= 0.6 is 0 Å². The average molecular weight is 258 g/mol. The molecule has 0 aliphatic heterocycles. The van der Waals surface area contributed by atoms with Crippen molar-refractivity contribution < 1.29 is 9.90 Å². The summed E-state index contributed by atoms with van der Waals surface area (Å²) in [5.41, 5.74) is -0.839. The number of rotatable bonds is 9. The molecular weight excluding hydrogens is 228 g/mol. The Morgan fingerprint density at radius 3 is 2.28 bits per heavy atom. The van der Waals surface area contributed by atoms with Gasteiger partial charge in [0.05, 0.1) is 0 Å². The predicted molar refractivity (Wildman–Crippen MR) is 75.9 cm³/mol. The third-order valence-corrected chi connectivity index (χ3v) is 3.84. The molecule has 0 bridgehead atoms. The van der Waals surface area contributed by atoms with E-state index in [1.807, 2.05) is 6.92 Å². The molecule has 4 heteroatoms. The van der Waals surface area contributed by atoms with Crippen LogP contribution in [0.5, 0.6) is 0 Å². The molecule has 0 saturated heterocycles. The summed E-state index contributed by atoms with van der Waals surface area (Å²) >= 11 is 0. The Hall–Kier alpha value is -0.610. The maximum absolute atomic E-state index is 11.4. The van der Waals surface area contributed by atoms with Crippen molar-refractivity contribution >= 4 is 5.97 Å². The van der Waals surface area contributed by atoms with Crippen LogP contribution in [0, 0.1) is 0 Å². The van der Waals surface area contributed by atoms with Gasteiger partial charge in [0.2, 0.25) is 0 Å². The van der Waals surface area contributed by atoms with Crippen molar-refractivity contribution in [3.8, 4) is 0 Å². The summed E-state index contributed by atoms with van der Waals surface area (Å²) in [5, 5.41) is 12.4. The van der Waals surface area contributed by atoms with Crippen LogP contribution in [-0.2, 0) is 4.79 Å². The first kappa shape index (κ1) is 17.4. The van der Waals surface area contributed by atoms with E-state index in [0.717, 1.165) is 12.8 Å². The van der Waals surface area contributed by atoms with Crippen LogP contribution < -0.4 is 5.32 Å². The Bertz CT molecular complexity index is 258. The minimum atomic E-state index is -0.839. The number of likely N-dealkylation sites (N-methyl/N-ethyl adjacent to an activating group) is 1. The number of carboxylic acid groups (broad SMARTS) is 1. The van der Waals surface area contributed by atoms with Gasteiger partial charge in [0.15, 0.2) is 0 Å². The molecule has 3 unspecified atom stereocenters. The molecule has 0 aliphatic carbocycles. The quantitative estimate of drug-likeness (QED) is 0.666. The smallest absolute Gasteiger partial charge is 0.323 e. The number of carboxylic acids is 1. The molecule has 2 N–H and O–H groups in total. The average Bonchev–Trinajstić information content (AvgIpc) is 2.28. The number of carbonyl (C=O) groups is 1. The highest BCUT2D eigenvalue weighted by Crippen LogP contribution is 2.19. The van der Waals surface area contributed by atoms with Gasteiger partial charge in [-0.1, -0.05) is 20.3 Å². The van der Waals surface area contributed by atoms with Gasteiger partial charge < -0.3 is 15.3 Å². The maximum Gasteiger partial charge on any atom is 0.323 e. The third kappa shape index (κ3) is 4.94. The summed E-state index contributed by atoms with van der Waals surface area (Å²) in [4.78, 5) is 13.7. The topological polar surface area (TPSA) is 52.6 Å². The van der Waals surface area contributed by atoms with E-state index < -0.39 is 11.5 Å². The molecule has 0 rings (SSSR count). The van der Waals surface area contributed by atoms with Gasteiger partial charge in [-0.2, -0.15) is 0 Å². The van der Waals surface area contributed by atoms with E-state index in [2.05, 4.69) is 38.0 Å². The molecule has 0 radical (unpaired) electrons. The standard InChI is InChI=1S/C14H30N2O2/c1-7-9-11(3)16(6)12(4)10-14(5,13(17)18)15-8-2/h11-12,15H,7-10H2,1-6H3,(H,17,18). The molecule has 0 fully saturated rings. The molecule has 0 aliphatic rings. The molecule has 0 spiro atoms. The van der Waals surface area contributed by atoms with Crippen LogP contribution in [0.15, 0.2) is 0 Å².